The molecule has 0 aliphatic carbocycles. The second-order valence-electron chi connectivity index (χ2n) is 3.70. The minimum absolute atomic E-state index is 0.00718. The van der Waals surface area contributed by atoms with Gasteiger partial charge in [-0.25, -0.2) is 0 Å². The topological polar surface area (TPSA) is 67.2 Å². The van der Waals surface area contributed by atoms with Gasteiger partial charge in [0.15, 0.2) is 0 Å². The minimum atomic E-state index is -0.247. The van der Waals surface area contributed by atoms with Gasteiger partial charge in [0.1, 0.15) is 6.04 Å². The maximum Gasteiger partial charge on any atom is 0.246 e. The quantitative estimate of drug-likeness (QED) is 0.674. The Balaban J connectivity index is 2.29. The Labute approximate surface area is 88.9 Å². The van der Waals surface area contributed by atoms with Crippen LogP contribution in [0.4, 0.5) is 5.69 Å². The summed E-state index contributed by atoms with van der Waals surface area (Å²) in [5.41, 5.74) is 8.47. The van der Waals surface area contributed by atoms with Crippen LogP contribution in [0.5, 0.6) is 0 Å². The number of para-hydroxylation sites is 1. The zero-order valence-corrected chi connectivity index (χ0v) is 8.71. The minimum Gasteiger partial charge on any atom is -0.329 e. The van der Waals surface area contributed by atoms with E-state index in [0.29, 0.717) is 13.1 Å². The summed E-state index contributed by atoms with van der Waals surface area (Å²) in [5.74, 6) is 0.00718. The fourth-order valence-electron chi connectivity index (χ4n) is 1.87. The molecule has 0 spiro atoms. The van der Waals surface area contributed by atoms with Gasteiger partial charge in [-0.3, -0.25) is 4.79 Å². The van der Waals surface area contributed by atoms with Crippen molar-refractivity contribution in [2.45, 2.75) is 13.0 Å². The summed E-state index contributed by atoms with van der Waals surface area (Å²) in [6.07, 6.45) is 0. The first-order valence-corrected chi connectivity index (χ1v) is 5.08. The Morgan fingerprint density at radius 2 is 2.33 bits per heavy atom. The molecule has 1 unspecified atom stereocenters. The molecular weight excluding hydrogens is 190 g/mol. The largest absolute Gasteiger partial charge is 0.329 e. The molecule has 1 aromatic rings. The van der Waals surface area contributed by atoms with Gasteiger partial charge >= 0.3 is 0 Å². The lowest BCUT2D eigenvalue weighted by molar-refractivity contribution is -0.117. The van der Waals surface area contributed by atoms with Crippen LogP contribution in [-0.4, -0.2) is 19.0 Å². The molecule has 1 amide bonds. The van der Waals surface area contributed by atoms with Crippen molar-refractivity contribution in [1.82, 2.24) is 5.32 Å². The van der Waals surface area contributed by atoms with E-state index < -0.39 is 0 Å². The van der Waals surface area contributed by atoms with Crippen LogP contribution in [0.15, 0.2) is 18.2 Å². The average molecular weight is 205 g/mol. The molecule has 1 aliphatic rings. The highest BCUT2D eigenvalue weighted by Gasteiger charge is 2.30. The number of aryl methyl sites for hydroxylation is 1. The molecule has 0 saturated heterocycles. The summed E-state index contributed by atoms with van der Waals surface area (Å²) in [4.78, 5) is 11.7. The number of amides is 1. The van der Waals surface area contributed by atoms with E-state index in [2.05, 4.69) is 10.6 Å². The van der Waals surface area contributed by atoms with Gasteiger partial charge in [0.05, 0.1) is 0 Å². The summed E-state index contributed by atoms with van der Waals surface area (Å²) < 4.78 is 0. The van der Waals surface area contributed by atoms with E-state index in [0.717, 1.165) is 16.8 Å². The smallest absolute Gasteiger partial charge is 0.246 e. The molecule has 1 atom stereocenters. The Morgan fingerprint density at radius 3 is 3.07 bits per heavy atom. The molecule has 4 heteroatoms. The lowest BCUT2D eigenvalue weighted by Gasteiger charge is -2.10. The third-order valence-corrected chi connectivity index (χ3v) is 2.62. The zero-order chi connectivity index (χ0) is 10.8. The van der Waals surface area contributed by atoms with Gasteiger partial charge in [-0.2, -0.15) is 0 Å². The zero-order valence-electron chi connectivity index (χ0n) is 8.71. The summed E-state index contributed by atoms with van der Waals surface area (Å²) in [6.45, 7) is 3.17. The third kappa shape index (κ3) is 1.73. The maximum atomic E-state index is 11.7. The number of nitrogens with two attached hydrogens (primary N) is 1. The first-order chi connectivity index (χ1) is 7.24. The van der Waals surface area contributed by atoms with Crippen molar-refractivity contribution in [2.24, 2.45) is 5.73 Å². The van der Waals surface area contributed by atoms with Crippen LogP contribution in [0.1, 0.15) is 17.2 Å². The number of rotatable bonds is 3. The molecule has 0 fully saturated rings. The predicted octanol–water partition coefficient (Wildman–Crippen LogP) is 0.537. The van der Waals surface area contributed by atoms with Gasteiger partial charge in [0.25, 0.3) is 0 Å². The van der Waals surface area contributed by atoms with Crippen molar-refractivity contribution in [3.05, 3.63) is 29.3 Å². The summed E-state index contributed by atoms with van der Waals surface area (Å²) >= 11 is 0. The first kappa shape index (κ1) is 10.1. The second-order valence-corrected chi connectivity index (χ2v) is 3.70. The molecule has 0 radical (unpaired) electrons. The normalized spacial score (nSPS) is 18.8. The predicted molar refractivity (Wildman–Crippen MR) is 59.6 cm³/mol. The lowest BCUT2D eigenvalue weighted by Crippen LogP contribution is -2.31. The number of nitrogens with one attached hydrogen (secondary N) is 2. The van der Waals surface area contributed by atoms with Gasteiger partial charge in [-0.1, -0.05) is 18.2 Å². The van der Waals surface area contributed by atoms with Gasteiger partial charge in [-0.05, 0) is 12.5 Å². The number of hydrogen-bond acceptors (Lipinski definition) is 3. The summed E-state index contributed by atoms with van der Waals surface area (Å²) in [7, 11) is 0. The average Bonchev–Trinajstić information content (AvgIpc) is 2.54. The Bertz CT molecular complexity index is 389. The number of anilines is 1. The Kier molecular flexibility index (Phi) is 2.70. The van der Waals surface area contributed by atoms with Crippen molar-refractivity contribution in [3.63, 3.8) is 0 Å². The van der Waals surface area contributed by atoms with Gasteiger partial charge < -0.3 is 16.4 Å². The fourth-order valence-corrected chi connectivity index (χ4v) is 1.87. The third-order valence-electron chi connectivity index (χ3n) is 2.62. The van der Waals surface area contributed by atoms with Crippen LogP contribution in [0.3, 0.4) is 0 Å². The molecule has 1 aliphatic heterocycles. The van der Waals surface area contributed by atoms with Crippen LogP contribution in [0.2, 0.25) is 0 Å². The molecular formula is C11H15N3O. The van der Waals surface area contributed by atoms with E-state index >= 15 is 0 Å². The van der Waals surface area contributed by atoms with Crippen molar-refractivity contribution in [2.75, 3.05) is 18.4 Å². The maximum absolute atomic E-state index is 11.7. The van der Waals surface area contributed by atoms with Gasteiger partial charge in [0, 0.05) is 24.3 Å². The Hall–Kier alpha value is -1.39. The molecule has 15 heavy (non-hydrogen) atoms. The monoisotopic (exact) mass is 205 g/mol. The lowest BCUT2D eigenvalue weighted by atomic mass is 10.1. The number of carbonyl (C=O) groups is 1. The van der Waals surface area contributed by atoms with E-state index in [1.165, 1.54) is 0 Å². The molecule has 0 bridgehead atoms. The van der Waals surface area contributed by atoms with Crippen molar-refractivity contribution in [3.8, 4) is 0 Å². The standard InChI is InChI=1S/C11H15N3O/c1-7-3-2-4-8-9(7)14-11(15)10(8)13-6-5-12/h2-4,10,13H,5-6,12H2,1H3,(H,14,15). The Morgan fingerprint density at radius 1 is 1.53 bits per heavy atom. The first-order valence-electron chi connectivity index (χ1n) is 5.08. The summed E-state index contributed by atoms with van der Waals surface area (Å²) in [6, 6.07) is 5.67. The molecule has 2 rings (SSSR count). The van der Waals surface area contributed by atoms with Crippen molar-refractivity contribution < 1.29 is 4.79 Å². The highest BCUT2D eigenvalue weighted by molar-refractivity contribution is 6.03. The van der Waals surface area contributed by atoms with E-state index in [4.69, 9.17) is 5.73 Å². The fraction of sp³-hybridized carbons (Fsp3) is 0.364. The van der Waals surface area contributed by atoms with Gasteiger partial charge in [0.2, 0.25) is 5.91 Å². The molecule has 4 nitrogen and oxygen atoms in total. The number of carbonyl (C=O) groups excluding carboxylic acids is 1. The van der Waals surface area contributed by atoms with Gasteiger partial charge in [-0.15, -0.1) is 0 Å². The number of benzene rings is 1. The van der Waals surface area contributed by atoms with Crippen LogP contribution < -0.4 is 16.4 Å². The molecule has 1 aromatic carbocycles. The second kappa shape index (κ2) is 4.00. The molecule has 1 heterocycles. The molecule has 4 N–H and O–H groups in total. The van der Waals surface area contributed by atoms with Crippen LogP contribution in [0.25, 0.3) is 0 Å². The SMILES string of the molecule is Cc1cccc2c1NC(=O)C2NCCN. The highest BCUT2D eigenvalue weighted by atomic mass is 16.2. The summed E-state index contributed by atoms with van der Waals surface area (Å²) in [5, 5.41) is 6.01. The van der Waals surface area contributed by atoms with Crippen molar-refractivity contribution >= 4 is 11.6 Å². The van der Waals surface area contributed by atoms with E-state index in [1.54, 1.807) is 0 Å². The van der Waals surface area contributed by atoms with Crippen LogP contribution >= 0.6 is 0 Å². The molecule has 0 saturated carbocycles. The van der Waals surface area contributed by atoms with E-state index in [-0.39, 0.29) is 11.9 Å². The van der Waals surface area contributed by atoms with E-state index in [9.17, 15) is 4.79 Å². The van der Waals surface area contributed by atoms with E-state index in [1.807, 2.05) is 25.1 Å². The number of hydrogen-bond donors (Lipinski definition) is 3. The molecule has 80 valence electrons. The molecule has 0 aromatic heterocycles. The van der Waals surface area contributed by atoms with Crippen LogP contribution in [-0.2, 0) is 4.79 Å². The van der Waals surface area contributed by atoms with Crippen molar-refractivity contribution in [1.29, 1.82) is 0 Å². The number of fused-ring (bicyclic) bond motifs is 1. The highest BCUT2D eigenvalue weighted by Crippen LogP contribution is 2.32. The van der Waals surface area contributed by atoms with Crippen LogP contribution in [0, 0.1) is 6.92 Å².